The van der Waals surface area contributed by atoms with Crippen LogP contribution in [0.2, 0.25) is 10.0 Å². The summed E-state index contributed by atoms with van der Waals surface area (Å²) in [4.78, 5) is 11.6. The van der Waals surface area contributed by atoms with Gasteiger partial charge in [0.2, 0.25) is 15.9 Å². The zero-order chi connectivity index (χ0) is 16.0. The minimum absolute atomic E-state index is 0.0328. The van der Waals surface area contributed by atoms with Crippen molar-refractivity contribution < 1.29 is 13.2 Å². The van der Waals surface area contributed by atoms with Gasteiger partial charge >= 0.3 is 0 Å². The van der Waals surface area contributed by atoms with Gasteiger partial charge in [-0.2, -0.15) is 0 Å². The molecule has 1 N–H and O–H groups in total. The fourth-order valence-electron chi connectivity index (χ4n) is 1.73. The number of nitrogens with one attached hydrogen (secondary N) is 1. The Morgan fingerprint density at radius 2 is 1.81 bits per heavy atom. The van der Waals surface area contributed by atoms with E-state index in [1.54, 1.807) is 0 Å². The molecular formula is C13H18Cl2N2O3S. The molecule has 1 amide bonds. The topological polar surface area (TPSA) is 66.5 Å². The van der Waals surface area contributed by atoms with E-state index in [-0.39, 0.29) is 18.9 Å². The van der Waals surface area contributed by atoms with E-state index < -0.39 is 10.0 Å². The molecule has 0 unspecified atom stereocenters. The van der Waals surface area contributed by atoms with Gasteiger partial charge < -0.3 is 5.32 Å². The van der Waals surface area contributed by atoms with Crippen molar-refractivity contribution in [2.45, 2.75) is 19.8 Å². The number of rotatable bonds is 7. The van der Waals surface area contributed by atoms with Crippen LogP contribution in [0.15, 0.2) is 18.2 Å². The zero-order valence-electron chi connectivity index (χ0n) is 11.9. The molecule has 118 valence electrons. The fourth-order valence-corrected chi connectivity index (χ4v) is 3.15. The number of anilines is 1. The van der Waals surface area contributed by atoms with E-state index >= 15 is 0 Å². The van der Waals surface area contributed by atoms with Crippen molar-refractivity contribution in [3.63, 3.8) is 0 Å². The molecule has 1 aromatic carbocycles. The molecule has 8 heteroatoms. The van der Waals surface area contributed by atoms with Gasteiger partial charge in [-0.25, -0.2) is 8.42 Å². The zero-order valence-corrected chi connectivity index (χ0v) is 14.2. The molecule has 0 atom stereocenters. The van der Waals surface area contributed by atoms with E-state index in [9.17, 15) is 13.2 Å². The van der Waals surface area contributed by atoms with Gasteiger partial charge in [-0.05, 0) is 24.6 Å². The summed E-state index contributed by atoms with van der Waals surface area (Å²) in [6.07, 6.45) is 1.97. The Labute approximate surface area is 135 Å². The fraction of sp³-hybridized carbons (Fsp3) is 0.462. The highest BCUT2D eigenvalue weighted by Gasteiger charge is 2.19. The lowest BCUT2D eigenvalue weighted by Crippen LogP contribution is -2.34. The Morgan fingerprint density at radius 1 is 1.24 bits per heavy atom. The van der Waals surface area contributed by atoms with E-state index in [2.05, 4.69) is 5.32 Å². The smallest absolute Gasteiger partial charge is 0.232 e. The molecule has 0 heterocycles. The summed E-state index contributed by atoms with van der Waals surface area (Å²) in [7, 11) is -3.53. The Balaban J connectivity index is 2.90. The Kier molecular flexibility index (Phi) is 6.77. The first kappa shape index (κ1) is 18.1. The predicted molar refractivity (Wildman–Crippen MR) is 86.6 cm³/mol. The summed E-state index contributed by atoms with van der Waals surface area (Å²) in [5, 5.41) is 3.37. The van der Waals surface area contributed by atoms with Crippen LogP contribution in [0.5, 0.6) is 0 Å². The molecule has 0 radical (unpaired) electrons. The summed E-state index contributed by atoms with van der Waals surface area (Å²) < 4.78 is 24.9. The van der Waals surface area contributed by atoms with E-state index in [0.29, 0.717) is 22.3 Å². The van der Waals surface area contributed by atoms with Gasteiger partial charge in [0.1, 0.15) is 0 Å². The van der Waals surface area contributed by atoms with Crippen molar-refractivity contribution >= 4 is 44.8 Å². The standard InChI is InChI=1S/C13H18Cl2N2O3S/c1-3-5-16-13(18)4-6-17(21(2,19)20)12-8-10(14)7-11(15)9-12/h7-9H,3-6H2,1-2H3,(H,16,18). The molecule has 0 aliphatic heterocycles. The van der Waals surface area contributed by atoms with Crippen molar-refractivity contribution in [1.82, 2.24) is 5.32 Å². The Hall–Kier alpha value is -0.980. The quantitative estimate of drug-likeness (QED) is 0.820. The first-order valence-corrected chi connectivity index (χ1v) is 9.05. The molecule has 5 nitrogen and oxygen atoms in total. The number of amides is 1. The van der Waals surface area contributed by atoms with Crippen LogP contribution in [0.4, 0.5) is 5.69 Å². The number of carbonyl (C=O) groups is 1. The number of halogens is 2. The second-order valence-electron chi connectivity index (χ2n) is 4.56. The van der Waals surface area contributed by atoms with Gasteiger partial charge in [0.05, 0.1) is 11.9 Å². The Morgan fingerprint density at radius 3 is 2.29 bits per heavy atom. The summed E-state index contributed by atoms with van der Waals surface area (Å²) >= 11 is 11.8. The number of nitrogens with zero attached hydrogens (tertiary/aromatic N) is 1. The maximum atomic E-state index is 11.9. The van der Waals surface area contributed by atoms with Crippen LogP contribution in [0, 0.1) is 0 Å². The van der Waals surface area contributed by atoms with Gasteiger partial charge in [0.15, 0.2) is 0 Å². The molecule has 0 aliphatic rings. The van der Waals surface area contributed by atoms with E-state index in [1.807, 2.05) is 6.92 Å². The third-order valence-electron chi connectivity index (χ3n) is 2.65. The first-order chi connectivity index (χ1) is 9.74. The third-order valence-corrected chi connectivity index (χ3v) is 4.28. The predicted octanol–water partition coefficient (Wildman–Crippen LogP) is 2.68. The highest BCUT2D eigenvalue weighted by molar-refractivity contribution is 7.92. The molecule has 0 saturated carbocycles. The number of hydrogen-bond donors (Lipinski definition) is 1. The van der Waals surface area contributed by atoms with E-state index in [4.69, 9.17) is 23.2 Å². The minimum Gasteiger partial charge on any atom is -0.356 e. The molecule has 0 fully saturated rings. The van der Waals surface area contributed by atoms with Gasteiger partial charge in [0.25, 0.3) is 0 Å². The highest BCUT2D eigenvalue weighted by Crippen LogP contribution is 2.27. The lowest BCUT2D eigenvalue weighted by atomic mass is 10.3. The minimum atomic E-state index is -3.53. The molecule has 0 saturated heterocycles. The molecular weight excluding hydrogens is 335 g/mol. The van der Waals surface area contributed by atoms with Crippen LogP contribution in [0.1, 0.15) is 19.8 Å². The number of carbonyl (C=O) groups excluding carboxylic acids is 1. The molecule has 0 bridgehead atoms. The molecule has 0 aromatic heterocycles. The van der Waals surface area contributed by atoms with Gasteiger partial charge in [0, 0.05) is 29.6 Å². The molecule has 1 aromatic rings. The van der Waals surface area contributed by atoms with Crippen molar-refractivity contribution in [3.8, 4) is 0 Å². The second kappa shape index (κ2) is 7.87. The number of sulfonamides is 1. The van der Waals surface area contributed by atoms with Crippen LogP contribution < -0.4 is 9.62 Å². The summed E-state index contributed by atoms with van der Waals surface area (Å²) in [5.41, 5.74) is 0.346. The van der Waals surface area contributed by atoms with Crippen LogP contribution in [-0.4, -0.2) is 33.7 Å². The average Bonchev–Trinajstić information content (AvgIpc) is 2.33. The molecule has 1 rings (SSSR count). The number of hydrogen-bond acceptors (Lipinski definition) is 3. The van der Waals surface area contributed by atoms with E-state index in [1.165, 1.54) is 18.2 Å². The maximum absolute atomic E-state index is 11.9. The van der Waals surface area contributed by atoms with Gasteiger partial charge in [-0.3, -0.25) is 9.10 Å². The highest BCUT2D eigenvalue weighted by atomic mass is 35.5. The lowest BCUT2D eigenvalue weighted by molar-refractivity contribution is -0.120. The molecule has 0 spiro atoms. The summed E-state index contributed by atoms with van der Waals surface area (Å²) in [6.45, 7) is 2.54. The van der Waals surface area contributed by atoms with Crippen LogP contribution >= 0.6 is 23.2 Å². The van der Waals surface area contributed by atoms with E-state index in [0.717, 1.165) is 17.0 Å². The summed E-state index contributed by atoms with van der Waals surface area (Å²) in [5.74, 6) is -0.196. The van der Waals surface area contributed by atoms with Crippen molar-refractivity contribution in [1.29, 1.82) is 0 Å². The van der Waals surface area contributed by atoms with Crippen LogP contribution in [0.3, 0.4) is 0 Å². The van der Waals surface area contributed by atoms with Crippen molar-refractivity contribution in [2.24, 2.45) is 0 Å². The SMILES string of the molecule is CCCNC(=O)CCN(c1cc(Cl)cc(Cl)c1)S(C)(=O)=O. The average molecular weight is 353 g/mol. The van der Waals surface area contributed by atoms with Crippen molar-refractivity contribution in [3.05, 3.63) is 28.2 Å². The largest absolute Gasteiger partial charge is 0.356 e. The van der Waals surface area contributed by atoms with Gasteiger partial charge in [-0.1, -0.05) is 30.1 Å². The molecule has 21 heavy (non-hydrogen) atoms. The van der Waals surface area contributed by atoms with Crippen molar-refractivity contribution in [2.75, 3.05) is 23.7 Å². The summed E-state index contributed by atoms with van der Waals surface area (Å²) in [6, 6.07) is 4.51. The van der Waals surface area contributed by atoms with Crippen LogP contribution in [-0.2, 0) is 14.8 Å². The lowest BCUT2D eigenvalue weighted by Gasteiger charge is -2.22. The Bertz CT molecular complexity index is 585. The monoisotopic (exact) mass is 352 g/mol. The maximum Gasteiger partial charge on any atom is 0.232 e. The normalized spacial score (nSPS) is 11.2. The third kappa shape index (κ3) is 6.11. The van der Waals surface area contributed by atoms with Crippen LogP contribution in [0.25, 0.3) is 0 Å². The number of benzene rings is 1. The molecule has 0 aliphatic carbocycles. The first-order valence-electron chi connectivity index (χ1n) is 6.44. The second-order valence-corrected chi connectivity index (χ2v) is 7.34. The van der Waals surface area contributed by atoms with Gasteiger partial charge in [-0.15, -0.1) is 0 Å².